The fraction of sp³-hybridized carbons (Fsp3) is 0.500. The van der Waals surface area contributed by atoms with E-state index in [0.717, 1.165) is 42.0 Å². The van der Waals surface area contributed by atoms with E-state index < -0.39 is 0 Å². The molecular weight excluding hydrogens is 358 g/mol. The number of hydrogen-bond acceptors (Lipinski definition) is 5. The highest BCUT2D eigenvalue weighted by Gasteiger charge is 2.23. The van der Waals surface area contributed by atoms with E-state index in [1.165, 1.54) is 17.8 Å². The molecule has 2 aromatic rings. The lowest BCUT2D eigenvalue weighted by atomic mass is 9.89. The number of nitrogens with one attached hydrogen (secondary N) is 1. The molecule has 3 rings (SSSR count). The summed E-state index contributed by atoms with van der Waals surface area (Å²) in [5.41, 5.74) is 0.967. The Bertz CT molecular complexity index is 744. The lowest BCUT2D eigenvalue weighted by Gasteiger charge is -2.19. The zero-order chi connectivity index (χ0) is 17.8. The van der Waals surface area contributed by atoms with Crippen LogP contribution in [0.5, 0.6) is 5.75 Å². The number of anilines is 1. The van der Waals surface area contributed by atoms with Gasteiger partial charge in [-0.05, 0) is 50.5 Å². The number of rotatable bonds is 5. The zero-order valence-electron chi connectivity index (χ0n) is 14.4. The summed E-state index contributed by atoms with van der Waals surface area (Å²) in [5.74, 6) is 0.927. The average Bonchev–Trinajstić information content (AvgIpc) is 3.07. The molecule has 1 saturated carbocycles. The number of halogens is 1. The van der Waals surface area contributed by atoms with Gasteiger partial charge in [0.2, 0.25) is 11.0 Å². The van der Waals surface area contributed by atoms with Crippen LogP contribution in [-0.4, -0.2) is 16.1 Å². The van der Waals surface area contributed by atoms with Crippen LogP contribution in [-0.2, 0) is 4.79 Å². The van der Waals surface area contributed by atoms with Crippen LogP contribution in [0.25, 0.3) is 0 Å². The van der Waals surface area contributed by atoms with E-state index in [2.05, 4.69) is 15.5 Å². The van der Waals surface area contributed by atoms with Crippen molar-refractivity contribution in [2.24, 2.45) is 5.92 Å². The largest absolute Gasteiger partial charge is 0.483 e. The maximum atomic E-state index is 12.3. The predicted molar refractivity (Wildman–Crippen MR) is 100 cm³/mol. The first kappa shape index (κ1) is 18.1. The Morgan fingerprint density at radius 3 is 2.80 bits per heavy atom. The summed E-state index contributed by atoms with van der Waals surface area (Å²) >= 11 is 7.33. The minimum absolute atomic E-state index is 0.0597. The Balaban J connectivity index is 1.61. The summed E-state index contributed by atoms with van der Waals surface area (Å²) in [6.07, 6.45) is 5.17. The topological polar surface area (TPSA) is 64.1 Å². The van der Waals surface area contributed by atoms with Gasteiger partial charge in [0.05, 0.1) is 0 Å². The second-order valence-electron chi connectivity index (χ2n) is 6.44. The molecule has 1 amide bonds. The Kier molecular flexibility index (Phi) is 5.91. The van der Waals surface area contributed by atoms with Crippen molar-refractivity contribution in [1.82, 2.24) is 10.2 Å². The molecule has 1 aliphatic rings. The first-order chi connectivity index (χ1) is 12.0. The van der Waals surface area contributed by atoms with Gasteiger partial charge < -0.3 is 10.1 Å². The molecule has 1 aromatic carbocycles. The molecular formula is C18H22ClN3O2S. The van der Waals surface area contributed by atoms with E-state index in [9.17, 15) is 4.79 Å². The van der Waals surface area contributed by atoms with Crippen molar-refractivity contribution in [3.05, 3.63) is 33.8 Å². The summed E-state index contributed by atoms with van der Waals surface area (Å²) in [4.78, 5) is 12.3. The highest BCUT2D eigenvalue weighted by molar-refractivity contribution is 7.15. The lowest BCUT2D eigenvalue weighted by Crippen LogP contribution is -2.24. The van der Waals surface area contributed by atoms with Crippen molar-refractivity contribution in [2.45, 2.75) is 52.1 Å². The van der Waals surface area contributed by atoms with E-state index in [0.29, 0.717) is 10.2 Å². The number of benzene rings is 1. The summed E-state index contributed by atoms with van der Waals surface area (Å²) in [5, 5.41) is 13.1. The van der Waals surface area contributed by atoms with E-state index >= 15 is 0 Å². The maximum Gasteiger partial charge on any atom is 0.229 e. The molecule has 25 heavy (non-hydrogen) atoms. The van der Waals surface area contributed by atoms with Crippen molar-refractivity contribution in [2.75, 3.05) is 5.32 Å². The number of aromatic nitrogens is 2. The molecule has 1 heterocycles. The first-order valence-corrected chi connectivity index (χ1v) is 9.79. The molecule has 0 spiro atoms. The lowest BCUT2D eigenvalue weighted by molar-refractivity contribution is -0.120. The molecule has 0 radical (unpaired) electrons. The van der Waals surface area contributed by atoms with Gasteiger partial charge in [-0.15, -0.1) is 10.2 Å². The minimum Gasteiger partial charge on any atom is -0.483 e. The second-order valence-corrected chi connectivity index (χ2v) is 7.89. The quantitative estimate of drug-likeness (QED) is 0.779. The van der Waals surface area contributed by atoms with E-state index in [1.54, 1.807) is 6.07 Å². The number of amides is 1. The van der Waals surface area contributed by atoms with Crippen LogP contribution >= 0.6 is 22.9 Å². The van der Waals surface area contributed by atoms with Crippen molar-refractivity contribution in [3.8, 4) is 5.75 Å². The van der Waals surface area contributed by atoms with Gasteiger partial charge in [-0.3, -0.25) is 4.79 Å². The van der Waals surface area contributed by atoms with Gasteiger partial charge in [0, 0.05) is 10.9 Å². The van der Waals surface area contributed by atoms with Crippen LogP contribution in [0.3, 0.4) is 0 Å². The number of hydrogen-bond donors (Lipinski definition) is 1. The highest BCUT2D eigenvalue weighted by Crippen LogP contribution is 2.30. The Morgan fingerprint density at radius 1 is 1.32 bits per heavy atom. The molecule has 0 saturated heterocycles. The summed E-state index contributed by atoms with van der Waals surface area (Å²) < 4.78 is 5.96. The van der Waals surface area contributed by atoms with E-state index in [1.807, 2.05) is 26.0 Å². The summed E-state index contributed by atoms with van der Waals surface area (Å²) in [6.45, 7) is 3.87. The van der Waals surface area contributed by atoms with Crippen LogP contribution < -0.4 is 10.1 Å². The van der Waals surface area contributed by atoms with Crippen LogP contribution in [0.1, 0.15) is 55.7 Å². The van der Waals surface area contributed by atoms with Gasteiger partial charge in [0.1, 0.15) is 11.9 Å². The van der Waals surface area contributed by atoms with Crippen LogP contribution in [0.4, 0.5) is 5.13 Å². The fourth-order valence-corrected chi connectivity index (χ4v) is 3.96. The molecule has 0 aliphatic heterocycles. The second kappa shape index (κ2) is 8.15. The average molecular weight is 380 g/mol. The van der Waals surface area contributed by atoms with Gasteiger partial charge in [-0.1, -0.05) is 42.2 Å². The predicted octanol–water partition coefficient (Wildman–Crippen LogP) is 5.16. The van der Waals surface area contributed by atoms with Gasteiger partial charge in [0.25, 0.3) is 0 Å². The summed E-state index contributed by atoms with van der Waals surface area (Å²) in [6, 6.07) is 5.51. The third kappa shape index (κ3) is 4.70. The van der Waals surface area contributed by atoms with E-state index in [-0.39, 0.29) is 17.9 Å². The van der Waals surface area contributed by atoms with Gasteiger partial charge in [-0.2, -0.15) is 0 Å². The summed E-state index contributed by atoms with van der Waals surface area (Å²) in [7, 11) is 0. The van der Waals surface area contributed by atoms with Crippen molar-refractivity contribution in [3.63, 3.8) is 0 Å². The van der Waals surface area contributed by atoms with Crippen molar-refractivity contribution in [1.29, 1.82) is 0 Å². The smallest absolute Gasteiger partial charge is 0.229 e. The number of aryl methyl sites for hydroxylation is 1. The fourth-order valence-electron chi connectivity index (χ4n) is 3.01. The monoisotopic (exact) mass is 379 g/mol. The molecule has 5 nitrogen and oxygen atoms in total. The molecule has 1 atom stereocenters. The first-order valence-electron chi connectivity index (χ1n) is 8.60. The zero-order valence-corrected chi connectivity index (χ0v) is 16.0. The minimum atomic E-state index is -0.252. The number of carbonyl (C=O) groups is 1. The number of carbonyl (C=O) groups excluding carboxylic acids is 1. The molecule has 1 unspecified atom stereocenters. The van der Waals surface area contributed by atoms with Crippen LogP contribution in [0.15, 0.2) is 18.2 Å². The Labute approximate surface area is 156 Å². The molecule has 1 aliphatic carbocycles. The normalized spacial score (nSPS) is 16.4. The SMILES string of the molecule is Cc1cc(Cl)ccc1OC(C)c1nnc(NC(=O)C2CCCCC2)s1. The Morgan fingerprint density at radius 2 is 2.08 bits per heavy atom. The van der Waals surface area contributed by atoms with E-state index in [4.69, 9.17) is 16.3 Å². The standard InChI is InChI=1S/C18H22ClN3O2S/c1-11-10-14(19)8-9-15(11)24-12(2)17-21-22-18(25-17)20-16(23)13-6-4-3-5-7-13/h8-10,12-13H,3-7H2,1-2H3,(H,20,22,23). The van der Waals surface area contributed by atoms with Crippen molar-refractivity contribution >= 4 is 34.0 Å². The van der Waals surface area contributed by atoms with Crippen LogP contribution in [0, 0.1) is 12.8 Å². The molecule has 0 bridgehead atoms. The Hall–Kier alpha value is -1.66. The third-order valence-electron chi connectivity index (χ3n) is 4.44. The molecule has 1 N–H and O–H groups in total. The van der Waals surface area contributed by atoms with Crippen LogP contribution in [0.2, 0.25) is 5.02 Å². The molecule has 1 aromatic heterocycles. The van der Waals surface area contributed by atoms with Gasteiger partial charge in [-0.25, -0.2) is 0 Å². The maximum absolute atomic E-state index is 12.3. The third-order valence-corrected chi connectivity index (χ3v) is 5.67. The number of nitrogens with zero attached hydrogens (tertiary/aromatic N) is 2. The van der Waals surface area contributed by atoms with Crippen molar-refractivity contribution < 1.29 is 9.53 Å². The molecule has 134 valence electrons. The molecule has 1 fully saturated rings. The number of ether oxygens (including phenoxy) is 1. The molecule has 7 heteroatoms. The van der Waals surface area contributed by atoms with Gasteiger partial charge >= 0.3 is 0 Å². The highest BCUT2D eigenvalue weighted by atomic mass is 35.5. The van der Waals surface area contributed by atoms with Gasteiger partial charge in [0.15, 0.2) is 5.01 Å².